The molecule has 0 unspecified atom stereocenters. The van der Waals surface area contributed by atoms with Gasteiger partial charge in [-0.05, 0) is 60.2 Å². The second kappa shape index (κ2) is 7.48. The lowest BCUT2D eigenvalue weighted by Crippen LogP contribution is -2.41. The fraction of sp³-hybridized carbons (Fsp3) is 0.737. The van der Waals surface area contributed by atoms with E-state index < -0.39 is 0 Å². The molecule has 0 aromatic carbocycles. The topological polar surface area (TPSA) is 55.0 Å². The average Bonchev–Trinajstić information content (AvgIpc) is 3.16. The summed E-state index contributed by atoms with van der Waals surface area (Å²) in [4.78, 5) is 9.20. The molecule has 3 heterocycles. The summed E-state index contributed by atoms with van der Waals surface area (Å²) < 4.78 is 4.11. The molecule has 144 valence electrons. The van der Waals surface area contributed by atoms with Gasteiger partial charge >= 0.3 is 0 Å². The molecule has 26 heavy (non-hydrogen) atoms. The second-order valence-corrected chi connectivity index (χ2v) is 8.78. The van der Waals surface area contributed by atoms with E-state index in [2.05, 4.69) is 77.8 Å². The smallest absolute Gasteiger partial charge is 0.0967 e. The maximum Gasteiger partial charge on any atom is 0.0967 e. The van der Waals surface area contributed by atoms with Crippen LogP contribution >= 0.6 is 0 Å². The molecule has 0 radical (unpaired) electrons. The molecule has 1 aliphatic rings. The van der Waals surface area contributed by atoms with Crippen LogP contribution < -0.4 is 0 Å². The number of aromatic nitrogens is 5. The van der Waals surface area contributed by atoms with Crippen molar-refractivity contribution in [1.82, 2.24) is 34.3 Å². The molecule has 0 amide bonds. The minimum absolute atomic E-state index is 0.0273. The highest BCUT2D eigenvalue weighted by atomic mass is 15.4. The van der Waals surface area contributed by atoms with Crippen molar-refractivity contribution >= 4 is 0 Å². The maximum atomic E-state index is 4.36. The zero-order valence-electron chi connectivity index (χ0n) is 17.1. The minimum Gasteiger partial charge on any atom is -0.336 e. The number of hydrogen-bond donors (Lipinski definition) is 0. The molecule has 1 aliphatic heterocycles. The summed E-state index contributed by atoms with van der Waals surface area (Å²) in [5.74, 6) is 0.590. The first-order valence-electron chi connectivity index (χ1n) is 9.52. The Morgan fingerprint density at radius 2 is 2.04 bits per heavy atom. The lowest BCUT2D eigenvalue weighted by atomic mass is 9.87. The second-order valence-electron chi connectivity index (χ2n) is 8.78. The van der Waals surface area contributed by atoms with E-state index in [1.54, 1.807) is 0 Å². The lowest BCUT2D eigenvalue weighted by Gasteiger charge is -2.40. The zero-order valence-corrected chi connectivity index (χ0v) is 17.1. The van der Waals surface area contributed by atoms with Gasteiger partial charge in [-0.3, -0.25) is 4.90 Å². The third-order valence-corrected chi connectivity index (χ3v) is 5.37. The highest BCUT2D eigenvalue weighted by molar-refractivity contribution is 5.09. The van der Waals surface area contributed by atoms with Crippen molar-refractivity contribution in [3.05, 3.63) is 30.1 Å². The van der Waals surface area contributed by atoms with E-state index in [9.17, 15) is 0 Å². The van der Waals surface area contributed by atoms with Crippen LogP contribution in [0.2, 0.25) is 0 Å². The standard InChI is InChI=1S/C19H33N7/c1-19(2,3)26-13-16(21-22-26)12-23(4)11-15-8-7-9-24(5)18(15)17-10-20-14-25(17)6/h10,13-15,18H,7-9,11-12H2,1-6H3/t15-,18+/m0/s1. The molecule has 0 saturated carbocycles. The summed E-state index contributed by atoms with van der Waals surface area (Å²) in [6, 6.07) is 0.420. The Hall–Kier alpha value is -1.73. The summed E-state index contributed by atoms with van der Waals surface area (Å²) >= 11 is 0. The van der Waals surface area contributed by atoms with Crippen molar-refractivity contribution in [2.75, 3.05) is 27.2 Å². The van der Waals surface area contributed by atoms with Crippen LogP contribution in [0, 0.1) is 5.92 Å². The first-order chi connectivity index (χ1) is 12.3. The van der Waals surface area contributed by atoms with Crippen molar-refractivity contribution in [2.45, 2.75) is 51.7 Å². The van der Waals surface area contributed by atoms with Gasteiger partial charge in [-0.2, -0.15) is 0 Å². The van der Waals surface area contributed by atoms with Gasteiger partial charge in [-0.1, -0.05) is 5.21 Å². The Morgan fingerprint density at radius 1 is 1.27 bits per heavy atom. The normalized spacial score (nSPS) is 22.3. The van der Waals surface area contributed by atoms with Crippen molar-refractivity contribution in [1.29, 1.82) is 0 Å². The fourth-order valence-corrected chi connectivity index (χ4v) is 4.01. The van der Waals surface area contributed by atoms with Crippen LogP contribution in [0.4, 0.5) is 0 Å². The quantitative estimate of drug-likeness (QED) is 0.820. The molecule has 2 atom stereocenters. The molecule has 2 aromatic rings. The summed E-state index contributed by atoms with van der Waals surface area (Å²) in [5, 5.41) is 8.65. The summed E-state index contributed by atoms with van der Waals surface area (Å²) in [7, 11) is 6.51. The van der Waals surface area contributed by atoms with Gasteiger partial charge in [-0.25, -0.2) is 9.67 Å². The molecular formula is C19H33N7. The van der Waals surface area contributed by atoms with Crippen LogP contribution in [0.3, 0.4) is 0 Å². The summed E-state index contributed by atoms with van der Waals surface area (Å²) in [6.07, 6.45) is 8.50. The summed E-state index contributed by atoms with van der Waals surface area (Å²) in [5.41, 5.74) is 2.31. The Bertz CT molecular complexity index is 712. The number of aryl methyl sites for hydroxylation is 1. The van der Waals surface area contributed by atoms with Crippen LogP contribution in [0.15, 0.2) is 18.7 Å². The van der Waals surface area contributed by atoms with Gasteiger partial charge in [0.15, 0.2) is 0 Å². The van der Waals surface area contributed by atoms with E-state index in [1.807, 2.05) is 17.2 Å². The van der Waals surface area contributed by atoms with Gasteiger partial charge in [0, 0.05) is 26.3 Å². The Morgan fingerprint density at radius 3 is 2.65 bits per heavy atom. The van der Waals surface area contributed by atoms with Crippen LogP contribution in [-0.4, -0.2) is 61.5 Å². The number of likely N-dealkylation sites (tertiary alicyclic amines) is 1. The lowest BCUT2D eigenvalue weighted by molar-refractivity contribution is 0.0877. The molecule has 7 nitrogen and oxygen atoms in total. The highest BCUT2D eigenvalue weighted by Crippen LogP contribution is 2.35. The van der Waals surface area contributed by atoms with E-state index in [-0.39, 0.29) is 5.54 Å². The molecule has 0 bridgehead atoms. The number of rotatable bonds is 5. The van der Waals surface area contributed by atoms with E-state index >= 15 is 0 Å². The van der Waals surface area contributed by atoms with Crippen LogP contribution in [0.25, 0.3) is 0 Å². The molecule has 1 fully saturated rings. The minimum atomic E-state index is -0.0273. The van der Waals surface area contributed by atoms with Crippen molar-refractivity contribution in [3.8, 4) is 0 Å². The van der Waals surface area contributed by atoms with Gasteiger partial charge in [-0.15, -0.1) is 5.10 Å². The summed E-state index contributed by atoms with van der Waals surface area (Å²) in [6.45, 7) is 9.45. The molecule has 3 rings (SSSR count). The average molecular weight is 360 g/mol. The van der Waals surface area contributed by atoms with E-state index in [0.29, 0.717) is 12.0 Å². The third kappa shape index (κ3) is 4.15. The van der Waals surface area contributed by atoms with Crippen molar-refractivity contribution in [3.63, 3.8) is 0 Å². The first kappa shape index (κ1) is 19.0. The van der Waals surface area contributed by atoms with Gasteiger partial charge in [0.1, 0.15) is 0 Å². The zero-order chi connectivity index (χ0) is 18.9. The van der Waals surface area contributed by atoms with E-state index in [0.717, 1.165) is 25.3 Å². The molecule has 1 saturated heterocycles. The Labute approximate surface area is 157 Å². The predicted octanol–water partition coefficient (Wildman–Crippen LogP) is 2.28. The molecule has 0 N–H and O–H groups in total. The Kier molecular flexibility index (Phi) is 5.48. The van der Waals surface area contributed by atoms with Crippen LogP contribution in [0.5, 0.6) is 0 Å². The maximum absolute atomic E-state index is 4.36. The predicted molar refractivity (Wildman–Crippen MR) is 103 cm³/mol. The monoisotopic (exact) mass is 359 g/mol. The number of hydrogen-bond acceptors (Lipinski definition) is 5. The Balaban J connectivity index is 1.68. The largest absolute Gasteiger partial charge is 0.336 e. The molecule has 0 spiro atoms. The number of nitrogens with zero attached hydrogens (tertiary/aromatic N) is 7. The molecular weight excluding hydrogens is 326 g/mol. The molecule has 7 heteroatoms. The van der Waals surface area contributed by atoms with Gasteiger partial charge in [0.2, 0.25) is 0 Å². The van der Waals surface area contributed by atoms with Crippen molar-refractivity contribution in [2.24, 2.45) is 13.0 Å². The van der Waals surface area contributed by atoms with E-state index in [4.69, 9.17) is 0 Å². The van der Waals surface area contributed by atoms with Crippen molar-refractivity contribution < 1.29 is 0 Å². The SMILES string of the molecule is CN(Cc1cn(C(C)(C)C)nn1)C[C@@H]1CCCN(C)[C@H]1c1cncn1C. The fourth-order valence-electron chi connectivity index (χ4n) is 4.01. The van der Waals surface area contributed by atoms with Crippen LogP contribution in [-0.2, 0) is 19.1 Å². The molecule has 0 aliphatic carbocycles. The van der Waals surface area contributed by atoms with E-state index in [1.165, 1.54) is 18.5 Å². The first-order valence-corrected chi connectivity index (χ1v) is 9.52. The highest BCUT2D eigenvalue weighted by Gasteiger charge is 2.33. The van der Waals surface area contributed by atoms with Gasteiger partial charge in [0.25, 0.3) is 0 Å². The number of piperidine rings is 1. The third-order valence-electron chi connectivity index (χ3n) is 5.37. The number of imidazole rings is 1. The van der Waals surface area contributed by atoms with Gasteiger partial charge < -0.3 is 9.47 Å². The van der Waals surface area contributed by atoms with Crippen LogP contribution in [0.1, 0.15) is 51.0 Å². The molecule has 2 aromatic heterocycles. The van der Waals surface area contributed by atoms with Gasteiger partial charge in [0.05, 0.1) is 35.5 Å².